The van der Waals surface area contributed by atoms with E-state index in [9.17, 15) is 0 Å². The monoisotopic (exact) mass is 448 g/mol. The van der Waals surface area contributed by atoms with Gasteiger partial charge >= 0.3 is 0 Å². The Balaban J connectivity index is 1.24. The van der Waals surface area contributed by atoms with Crippen LogP contribution in [0.4, 0.5) is 0 Å². The number of morpholine rings is 1. The smallest absolute Gasteiger partial charge is 0.191 e. The van der Waals surface area contributed by atoms with Crippen molar-refractivity contribution in [3.05, 3.63) is 66.0 Å². The van der Waals surface area contributed by atoms with E-state index in [4.69, 9.17) is 4.74 Å². The number of aliphatic imine (C=N–C) groups is 1. The zero-order valence-corrected chi connectivity index (χ0v) is 20.0. The summed E-state index contributed by atoms with van der Waals surface area (Å²) >= 11 is 0. The lowest BCUT2D eigenvalue weighted by atomic mass is 10.1. The van der Waals surface area contributed by atoms with Gasteiger partial charge in [-0.2, -0.15) is 0 Å². The topological polar surface area (TPSA) is 66.7 Å². The molecule has 0 bridgehead atoms. The predicted octanol–water partition coefficient (Wildman–Crippen LogP) is 3.11. The quantitative estimate of drug-likeness (QED) is 0.409. The van der Waals surface area contributed by atoms with Gasteiger partial charge in [-0.15, -0.1) is 0 Å². The van der Waals surface area contributed by atoms with Crippen LogP contribution in [0.25, 0.3) is 11.0 Å². The number of para-hydroxylation sites is 2. The summed E-state index contributed by atoms with van der Waals surface area (Å²) in [6.07, 6.45) is 2.10. The second-order valence-electron chi connectivity index (χ2n) is 9.13. The minimum Gasteiger partial charge on any atom is -0.374 e. The number of imidazole rings is 1. The minimum atomic E-state index is 0.189. The molecule has 1 aromatic heterocycles. The number of rotatable bonds is 8. The van der Waals surface area contributed by atoms with Crippen molar-refractivity contribution in [2.24, 2.45) is 10.9 Å². The van der Waals surface area contributed by atoms with Gasteiger partial charge in [0.1, 0.15) is 0 Å². The molecule has 1 fully saturated rings. The first-order valence-corrected chi connectivity index (χ1v) is 11.9. The highest BCUT2D eigenvalue weighted by Gasteiger charge is 2.21. The Morgan fingerprint density at radius 3 is 2.70 bits per heavy atom. The van der Waals surface area contributed by atoms with E-state index >= 15 is 0 Å². The van der Waals surface area contributed by atoms with Gasteiger partial charge in [0.25, 0.3) is 0 Å². The van der Waals surface area contributed by atoms with E-state index < -0.39 is 0 Å². The zero-order chi connectivity index (χ0) is 23.0. The average molecular weight is 449 g/mol. The van der Waals surface area contributed by atoms with E-state index in [2.05, 4.69) is 80.3 Å². The highest BCUT2D eigenvalue weighted by molar-refractivity contribution is 5.79. The molecule has 1 atom stereocenters. The summed E-state index contributed by atoms with van der Waals surface area (Å²) in [5.41, 5.74) is 4.66. The van der Waals surface area contributed by atoms with E-state index in [0.29, 0.717) is 5.92 Å². The Bertz CT molecular complexity index is 1040. The van der Waals surface area contributed by atoms with Crippen molar-refractivity contribution >= 4 is 17.0 Å². The third-order valence-electron chi connectivity index (χ3n) is 5.93. The molecule has 1 aliphatic rings. The minimum absolute atomic E-state index is 0.189. The van der Waals surface area contributed by atoms with Gasteiger partial charge in [0.05, 0.1) is 30.1 Å². The lowest BCUT2D eigenvalue weighted by Gasteiger charge is -2.34. The van der Waals surface area contributed by atoms with Crippen LogP contribution in [0, 0.1) is 5.92 Å². The molecule has 0 aliphatic carbocycles. The molecular weight excluding hydrogens is 412 g/mol. The first-order valence-electron chi connectivity index (χ1n) is 11.9. The predicted molar refractivity (Wildman–Crippen MR) is 134 cm³/mol. The van der Waals surface area contributed by atoms with Crippen molar-refractivity contribution in [2.45, 2.75) is 33.0 Å². The van der Waals surface area contributed by atoms with Gasteiger partial charge in [0.2, 0.25) is 0 Å². The van der Waals surface area contributed by atoms with Crippen LogP contribution >= 0.6 is 0 Å². The van der Waals surface area contributed by atoms with Crippen LogP contribution in [0.2, 0.25) is 0 Å². The number of benzene rings is 2. The largest absolute Gasteiger partial charge is 0.374 e. The maximum absolute atomic E-state index is 5.94. The van der Waals surface area contributed by atoms with E-state index in [0.717, 1.165) is 62.9 Å². The summed E-state index contributed by atoms with van der Waals surface area (Å²) in [5.74, 6) is 1.48. The van der Waals surface area contributed by atoms with Crippen LogP contribution in [-0.4, -0.2) is 66.3 Å². The standard InChI is InChI=1S/C26H36N6O/c1-20(2)16-31-12-13-33-23(18-31)15-29-26(27-3)28-14-21-8-10-22(11-9-21)17-32-19-30-24-6-4-5-7-25(24)32/h4-11,19-20,23H,12-18H2,1-3H3,(H2,27,28,29). The summed E-state index contributed by atoms with van der Waals surface area (Å²) in [4.78, 5) is 11.3. The molecule has 4 rings (SSSR count). The molecule has 0 saturated carbocycles. The van der Waals surface area contributed by atoms with E-state index in [1.165, 1.54) is 11.1 Å². The van der Waals surface area contributed by atoms with Crippen LogP contribution in [-0.2, 0) is 17.8 Å². The number of nitrogens with one attached hydrogen (secondary N) is 2. The third-order valence-corrected chi connectivity index (χ3v) is 5.93. The molecule has 0 radical (unpaired) electrons. The van der Waals surface area contributed by atoms with Crippen LogP contribution in [0.5, 0.6) is 0 Å². The second-order valence-corrected chi connectivity index (χ2v) is 9.13. The Morgan fingerprint density at radius 2 is 1.91 bits per heavy atom. The van der Waals surface area contributed by atoms with Gasteiger partial charge in [-0.05, 0) is 29.2 Å². The van der Waals surface area contributed by atoms with Gasteiger partial charge < -0.3 is 19.9 Å². The molecule has 2 heterocycles. The molecule has 176 valence electrons. The van der Waals surface area contributed by atoms with Gasteiger partial charge in [-0.25, -0.2) is 4.98 Å². The summed E-state index contributed by atoms with van der Waals surface area (Å²) in [6, 6.07) is 16.9. The highest BCUT2D eigenvalue weighted by Crippen LogP contribution is 2.14. The molecule has 1 unspecified atom stereocenters. The van der Waals surface area contributed by atoms with E-state index in [-0.39, 0.29) is 6.10 Å². The van der Waals surface area contributed by atoms with Crippen LogP contribution < -0.4 is 10.6 Å². The number of hydrogen-bond acceptors (Lipinski definition) is 4. The number of ether oxygens (including phenoxy) is 1. The molecule has 0 spiro atoms. The van der Waals surface area contributed by atoms with Gasteiger partial charge in [0.15, 0.2) is 5.96 Å². The van der Waals surface area contributed by atoms with Crippen LogP contribution in [0.15, 0.2) is 59.9 Å². The number of fused-ring (bicyclic) bond motifs is 1. The zero-order valence-electron chi connectivity index (χ0n) is 20.0. The van der Waals surface area contributed by atoms with Crippen molar-refractivity contribution in [2.75, 3.05) is 39.8 Å². The van der Waals surface area contributed by atoms with Gasteiger partial charge in [0, 0.05) is 46.3 Å². The fourth-order valence-electron chi connectivity index (χ4n) is 4.30. The van der Waals surface area contributed by atoms with Gasteiger partial charge in [-0.3, -0.25) is 9.89 Å². The molecule has 1 saturated heterocycles. The third kappa shape index (κ3) is 6.55. The molecule has 7 nitrogen and oxygen atoms in total. The summed E-state index contributed by atoms with van der Waals surface area (Å²) in [5, 5.41) is 6.83. The molecule has 2 N–H and O–H groups in total. The molecule has 1 aliphatic heterocycles. The molecule has 7 heteroatoms. The SMILES string of the molecule is CN=C(NCc1ccc(Cn2cnc3ccccc32)cc1)NCC1CN(CC(C)C)CCO1. The molecule has 33 heavy (non-hydrogen) atoms. The lowest BCUT2D eigenvalue weighted by molar-refractivity contribution is -0.0284. The first-order chi connectivity index (χ1) is 16.1. The van der Waals surface area contributed by atoms with E-state index in [1.807, 2.05) is 18.5 Å². The van der Waals surface area contributed by atoms with Gasteiger partial charge in [-0.1, -0.05) is 50.2 Å². The Labute approximate surface area is 196 Å². The molecular formula is C26H36N6O. The molecule has 2 aromatic carbocycles. The first kappa shape index (κ1) is 23.3. The van der Waals surface area contributed by atoms with Crippen molar-refractivity contribution in [3.8, 4) is 0 Å². The van der Waals surface area contributed by atoms with Crippen LogP contribution in [0.1, 0.15) is 25.0 Å². The Kier molecular flexibility index (Phi) is 7.96. The fourth-order valence-corrected chi connectivity index (χ4v) is 4.30. The highest BCUT2D eigenvalue weighted by atomic mass is 16.5. The van der Waals surface area contributed by atoms with Crippen molar-refractivity contribution in [1.29, 1.82) is 0 Å². The van der Waals surface area contributed by atoms with E-state index in [1.54, 1.807) is 7.05 Å². The summed E-state index contributed by atoms with van der Waals surface area (Å²) < 4.78 is 8.12. The van der Waals surface area contributed by atoms with Crippen molar-refractivity contribution < 1.29 is 4.74 Å². The number of guanidine groups is 1. The Morgan fingerprint density at radius 1 is 1.12 bits per heavy atom. The lowest BCUT2D eigenvalue weighted by Crippen LogP contribution is -2.50. The normalized spacial score (nSPS) is 17.6. The molecule has 3 aromatic rings. The van der Waals surface area contributed by atoms with Crippen LogP contribution in [0.3, 0.4) is 0 Å². The van der Waals surface area contributed by atoms with Crippen molar-refractivity contribution in [1.82, 2.24) is 25.1 Å². The Hall–Kier alpha value is -2.90. The average Bonchev–Trinajstić information content (AvgIpc) is 3.23. The fraction of sp³-hybridized carbons (Fsp3) is 0.462. The van der Waals surface area contributed by atoms with Crippen molar-refractivity contribution in [3.63, 3.8) is 0 Å². The molecule has 0 amide bonds. The second kappa shape index (κ2) is 11.3. The number of hydrogen-bond donors (Lipinski definition) is 2. The number of nitrogens with zero attached hydrogens (tertiary/aromatic N) is 4. The maximum Gasteiger partial charge on any atom is 0.191 e. The maximum atomic E-state index is 5.94. The summed E-state index contributed by atoms with van der Waals surface area (Å²) in [6.45, 7) is 10.7. The summed E-state index contributed by atoms with van der Waals surface area (Å²) in [7, 11) is 1.81. The number of aromatic nitrogens is 2.